The van der Waals surface area contributed by atoms with Crippen LogP contribution in [-0.2, 0) is 13.7 Å². The fourth-order valence-electron chi connectivity index (χ4n) is 1.37. The smallest absolute Gasteiger partial charge is 0.342 e. The lowest BCUT2D eigenvalue weighted by Gasteiger charge is -2.25. The van der Waals surface area contributed by atoms with Crippen molar-refractivity contribution in [2.45, 2.75) is 32.4 Å². The van der Waals surface area contributed by atoms with Gasteiger partial charge in [0.1, 0.15) is 0 Å². The average molecular weight is 295 g/mol. The van der Waals surface area contributed by atoms with E-state index >= 15 is 0 Å². The van der Waals surface area contributed by atoms with E-state index in [1.54, 1.807) is 18.9 Å². The predicted molar refractivity (Wildman–Crippen MR) is 74.7 cm³/mol. The Morgan fingerprint density at radius 2 is 2.17 bits per heavy atom. The number of rotatable bonds is 7. The van der Waals surface area contributed by atoms with Crippen LogP contribution in [0.25, 0.3) is 0 Å². The fraction of sp³-hybridized carbons (Fsp3) is 0.900. The van der Waals surface area contributed by atoms with Gasteiger partial charge in [-0.3, -0.25) is 9.93 Å². The molecule has 0 spiro atoms. The number of hydrogen-bond acceptors (Lipinski definition) is 5. The molecule has 2 unspecified atom stereocenters. The summed E-state index contributed by atoms with van der Waals surface area (Å²) in [7, 11) is 1.80. The standard InChI is InChI=1S/C10H22N3O3PS/c1-5-9(3)18-17(14,15-6-2)16-13-8-7-12(4)10(13)11/h9,11H,5-8H2,1-4H3. The maximum Gasteiger partial charge on any atom is 0.410 e. The summed E-state index contributed by atoms with van der Waals surface area (Å²) < 4.78 is 23.3. The van der Waals surface area contributed by atoms with Crippen LogP contribution < -0.4 is 0 Å². The highest BCUT2D eigenvalue weighted by Crippen LogP contribution is 2.63. The van der Waals surface area contributed by atoms with E-state index in [1.165, 1.54) is 16.4 Å². The molecular formula is C10H22N3O3PS. The third-order valence-electron chi connectivity index (χ3n) is 2.61. The molecule has 6 nitrogen and oxygen atoms in total. The molecule has 0 amide bonds. The molecule has 0 saturated carbocycles. The second kappa shape index (κ2) is 6.80. The average Bonchev–Trinajstić information content (AvgIpc) is 2.61. The van der Waals surface area contributed by atoms with Gasteiger partial charge < -0.3 is 4.90 Å². The number of hydroxylamine groups is 2. The Morgan fingerprint density at radius 1 is 1.50 bits per heavy atom. The Hall–Kier alpha value is -0.230. The Morgan fingerprint density at radius 3 is 2.61 bits per heavy atom. The van der Waals surface area contributed by atoms with E-state index in [2.05, 4.69) is 0 Å². The van der Waals surface area contributed by atoms with E-state index < -0.39 is 6.80 Å². The van der Waals surface area contributed by atoms with Crippen LogP contribution in [0.15, 0.2) is 0 Å². The summed E-state index contributed by atoms with van der Waals surface area (Å²) in [6.45, 7) is 4.13. The molecule has 0 aromatic heterocycles. The molecule has 0 aromatic rings. The largest absolute Gasteiger partial charge is 0.410 e. The summed E-state index contributed by atoms with van der Waals surface area (Å²) >= 11 is 1.22. The zero-order valence-electron chi connectivity index (χ0n) is 11.4. The quantitative estimate of drug-likeness (QED) is 0.729. The minimum absolute atomic E-state index is 0.192. The first-order chi connectivity index (χ1) is 8.41. The molecule has 0 radical (unpaired) electrons. The van der Waals surface area contributed by atoms with Crippen molar-refractivity contribution in [3.8, 4) is 0 Å². The summed E-state index contributed by atoms with van der Waals surface area (Å²) in [5.74, 6) is 0.222. The molecule has 1 rings (SSSR count). The lowest BCUT2D eigenvalue weighted by Crippen LogP contribution is -2.29. The van der Waals surface area contributed by atoms with E-state index in [-0.39, 0.29) is 11.2 Å². The third-order valence-corrected chi connectivity index (χ3v) is 6.90. The monoisotopic (exact) mass is 295 g/mol. The van der Waals surface area contributed by atoms with Gasteiger partial charge in [-0.15, -0.1) is 0 Å². The first-order valence-corrected chi connectivity index (χ1v) is 9.14. The van der Waals surface area contributed by atoms with E-state index in [0.29, 0.717) is 19.7 Å². The Kier molecular flexibility index (Phi) is 5.98. The first-order valence-electron chi connectivity index (χ1n) is 6.11. The minimum atomic E-state index is -3.23. The molecule has 1 N–H and O–H groups in total. The summed E-state index contributed by atoms with van der Waals surface area (Å²) in [5, 5.41) is 9.34. The van der Waals surface area contributed by atoms with Crippen molar-refractivity contribution in [3.05, 3.63) is 0 Å². The SMILES string of the molecule is CCOP(=O)(ON1CCN(C)C1=N)SC(C)CC. The normalized spacial score (nSPS) is 21.2. The van der Waals surface area contributed by atoms with Gasteiger partial charge in [-0.05, 0) is 24.7 Å². The first kappa shape index (κ1) is 15.8. The number of nitrogens with one attached hydrogen (secondary N) is 1. The topological polar surface area (TPSA) is 65.9 Å². The van der Waals surface area contributed by atoms with Gasteiger partial charge in [-0.1, -0.05) is 13.8 Å². The van der Waals surface area contributed by atoms with Crippen molar-refractivity contribution in [1.82, 2.24) is 9.96 Å². The molecule has 18 heavy (non-hydrogen) atoms. The van der Waals surface area contributed by atoms with Crippen LogP contribution in [0, 0.1) is 5.41 Å². The van der Waals surface area contributed by atoms with Crippen molar-refractivity contribution in [3.63, 3.8) is 0 Å². The molecular weight excluding hydrogens is 273 g/mol. The molecule has 1 saturated heterocycles. The number of hydrogen-bond donors (Lipinski definition) is 1. The van der Waals surface area contributed by atoms with Gasteiger partial charge in [0.25, 0.3) is 0 Å². The van der Waals surface area contributed by atoms with Crippen LogP contribution in [-0.4, -0.2) is 47.9 Å². The summed E-state index contributed by atoms with van der Waals surface area (Å²) in [6, 6.07) is 0. The summed E-state index contributed by atoms with van der Waals surface area (Å²) in [5.41, 5.74) is 0. The maximum absolute atomic E-state index is 12.6. The highest BCUT2D eigenvalue weighted by molar-refractivity contribution is 8.55. The third kappa shape index (κ3) is 4.16. The van der Waals surface area contributed by atoms with Gasteiger partial charge in [-0.2, -0.15) is 4.62 Å². The Balaban J connectivity index is 2.67. The molecule has 2 atom stereocenters. The van der Waals surface area contributed by atoms with Gasteiger partial charge in [0.05, 0.1) is 13.2 Å². The lowest BCUT2D eigenvalue weighted by molar-refractivity contribution is 0.0171. The molecule has 0 aromatic carbocycles. The molecule has 0 aliphatic carbocycles. The van der Waals surface area contributed by atoms with E-state index in [9.17, 15) is 4.57 Å². The summed E-state index contributed by atoms with van der Waals surface area (Å²) in [6.07, 6.45) is 0.891. The zero-order chi connectivity index (χ0) is 13.8. The van der Waals surface area contributed by atoms with Crippen molar-refractivity contribution >= 4 is 24.1 Å². The molecule has 106 valence electrons. The van der Waals surface area contributed by atoms with E-state index in [1.807, 2.05) is 13.8 Å². The van der Waals surface area contributed by atoms with Gasteiger partial charge in [0.15, 0.2) is 0 Å². The second-order valence-electron chi connectivity index (χ2n) is 4.12. The van der Waals surface area contributed by atoms with Crippen LogP contribution in [0.2, 0.25) is 0 Å². The number of nitrogens with zero attached hydrogens (tertiary/aromatic N) is 2. The van der Waals surface area contributed by atoms with Crippen LogP contribution >= 0.6 is 18.2 Å². The van der Waals surface area contributed by atoms with E-state index in [4.69, 9.17) is 14.6 Å². The van der Waals surface area contributed by atoms with E-state index in [0.717, 1.165) is 6.42 Å². The van der Waals surface area contributed by atoms with Gasteiger partial charge in [-0.25, -0.2) is 9.63 Å². The van der Waals surface area contributed by atoms with Gasteiger partial charge in [0.2, 0.25) is 5.96 Å². The van der Waals surface area contributed by atoms with Crippen LogP contribution in [0.1, 0.15) is 27.2 Å². The van der Waals surface area contributed by atoms with Crippen LogP contribution in [0.5, 0.6) is 0 Å². The molecule has 1 heterocycles. The van der Waals surface area contributed by atoms with Crippen molar-refractivity contribution < 1.29 is 13.7 Å². The molecule has 8 heteroatoms. The Labute approximate surface area is 113 Å². The van der Waals surface area contributed by atoms with Crippen LogP contribution in [0.3, 0.4) is 0 Å². The van der Waals surface area contributed by atoms with Crippen LogP contribution in [0.4, 0.5) is 0 Å². The molecule has 1 fully saturated rings. The molecule has 1 aliphatic rings. The van der Waals surface area contributed by atoms with Crippen molar-refractivity contribution in [2.75, 3.05) is 26.7 Å². The minimum Gasteiger partial charge on any atom is -0.342 e. The highest BCUT2D eigenvalue weighted by Gasteiger charge is 2.35. The van der Waals surface area contributed by atoms with Crippen molar-refractivity contribution in [2.24, 2.45) is 0 Å². The fourth-order valence-corrected chi connectivity index (χ4v) is 5.45. The van der Waals surface area contributed by atoms with Gasteiger partial charge in [0, 0.05) is 18.8 Å². The molecule has 0 bridgehead atoms. The Bertz CT molecular complexity index is 342. The van der Waals surface area contributed by atoms with Gasteiger partial charge >= 0.3 is 6.80 Å². The zero-order valence-corrected chi connectivity index (χ0v) is 13.1. The van der Waals surface area contributed by atoms with Crippen molar-refractivity contribution in [1.29, 1.82) is 5.41 Å². The lowest BCUT2D eigenvalue weighted by atomic mass is 10.4. The highest BCUT2D eigenvalue weighted by atomic mass is 32.7. The summed E-state index contributed by atoms with van der Waals surface area (Å²) in [4.78, 5) is 1.74. The number of guanidine groups is 1. The maximum atomic E-state index is 12.6. The predicted octanol–water partition coefficient (Wildman–Crippen LogP) is 2.78. The molecule has 1 aliphatic heterocycles. The second-order valence-corrected chi connectivity index (χ2v) is 8.42. The number of likely N-dealkylation sites (N-methyl/N-ethyl adjacent to an activating group) is 1.